The monoisotopic (exact) mass is 288 g/mol. The first kappa shape index (κ1) is 16.5. The molecule has 2 nitrogen and oxygen atoms in total. The lowest BCUT2D eigenvalue weighted by atomic mass is 9.83. The van der Waals surface area contributed by atoms with Gasteiger partial charge in [0.15, 0.2) is 0 Å². The molecule has 118 valence electrons. The summed E-state index contributed by atoms with van der Waals surface area (Å²) in [6.45, 7) is 5.58. The van der Waals surface area contributed by atoms with Crippen molar-refractivity contribution < 1.29 is 0 Å². The zero-order chi connectivity index (χ0) is 14.9. The third kappa shape index (κ3) is 5.12. The second kappa shape index (κ2) is 9.22. The molecule has 2 atom stereocenters. The molecule has 0 radical (unpaired) electrons. The Hall–Kier alpha value is -0.860. The van der Waals surface area contributed by atoms with Crippen LogP contribution >= 0.6 is 0 Å². The number of benzene rings is 1. The van der Waals surface area contributed by atoms with Crippen LogP contribution in [0.25, 0.3) is 0 Å². The van der Waals surface area contributed by atoms with Gasteiger partial charge in [-0.3, -0.25) is 0 Å². The van der Waals surface area contributed by atoms with Crippen LogP contribution in [-0.4, -0.2) is 30.6 Å². The summed E-state index contributed by atoms with van der Waals surface area (Å²) in [5, 5.41) is 0. The van der Waals surface area contributed by atoms with Crippen LogP contribution in [0.2, 0.25) is 0 Å². The van der Waals surface area contributed by atoms with E-state index in [2.05, 4.69) is 42.2 Å². The van der Waals surface area contributed by atoms with E-state index in [9.17, 15) is 0 Å². The lowest BCUT2D eigenvalue weighted by Gasteiger charge is -2.39. The van der Waals surface area contributed by atoms with E-state index in [1.807, 2.05) is 0 Å². The molecule has 2 heteroatoms. The highest BCUT2D eigenvalue weighted by molar-refractivity contribution is 5.14. The molecule has 1 aromatic rings. The van der Waals surface area contributed by atoms with Crippen molar-refractivity contribution in [1.82, 2.24) is 4.90 Å². The van der Waals surface area contributed by atoms with Crippen LogP contribution in [-0.2, 0) is 6.42 Å². The first-order chi connectivity index (χ1) is 10.3. The van der Waals surface area contributed by atoms with Gasteiger partial charge in [0, 0.05) is 6.04 Å². The molecule has 1 aliphatic rings. The number of hydrogen-bond donors (Lipinski definition) is 1. The topological polar surface area (TPSA) is 29.3 Å². The van der Waals surface area contributed by atoms with Crippen LogP contribution in [0.5, 0.6) is 0 Å². The maximum atomic E-state index is 5.99. The highest BCUT2D eigenvalue weighted by atomic mass is 15.2. The molecule has 0 heterocycles. The average Bonchev–Trinajstić information content (AvgIpc) is 2.56. The van der Waals surface area contributed by atoms with Gasteiger partial charge in [0.05, 0.1) is 0 Å². The van der Waals surface area contributed by atoms with Crippen LogP contribution < -0.4 is 5.73 Å². The zero-order valence-corrected chi connectivity index (χ0v) is 13.6. The van der Waals surface area contributed by atoms with Crippen molar-refractivity contribution in [3.8, 4) is 0 Å². The van der Waals surface area contributed by atoms with Gasteiger partial charge in [-0.15, -0.1) is 0 Å². The summed E-state index contributed by atoms with van der Waals surface area (Å²) in [5.74, 6) is 0.729. The summed E-state index contributed by atoms with van der Waals surface area (Å²) in [6, 6.07) is 11.6. The Morgan fingerprint density at radius 1 is 1.10 bits per heavy atom. The average molecular weight is 288 g/mol. The van der Waals surface area contributed by atoms with E-state index in [4.69, 9.17) is 5.73 Å². The molecule has 0 bridgehead atoms. The van der Waals surface area contributed by atoms with Crippen LogP contribution in [0.1, 0.15) is 51.0 Å². The van der Waals surface area contributed by atoms with E-state index in [0.29, 0.717) is 0 Å². The molecule has 2 rings (SSSR count). The Bertz CT molecular complexity index is 376. The van der Waals surface area contributed by atoms with E-state index < -0.39 is 0 Å². The quantitative estimate of drug-likeness (QED) is 0.736. The first-order valence-corrected chi connectivity index (χ1v) is 8.83. The fourth-order valence-electron chi connectivity index (χ4n) is 3.79. The lowest BCUT2D eigenvalue weighted by molar-refractivity contribution is 0.110. The molecule has 0 spiro atoms. The molecule has 1 aliphatic carbocycles. The summed E-state index contributed by atoms with van der Waals surface area (Å²) < 4.78 is 0. The van der Waals surface area contributed by atoms with Crippen molar-refractivity contribution in [1.29, 1.82) is 0 Å². The smallest absolute Gasteiger partial charge is 0.0135 e. The molecule has 1 aromatic carbocycles. The van der Waals surface area contributed by atoms with Gasteiger partial charge in [-0.05, 0) is 63.2 Å². The summed E-state index contributed by atoms with van der Waals surface area (Å²) >= 11 is 0. The largest absolute Gasteiger partial charge is 0.330 e. The van der Waals surface area contributed by atoms with Crippen molar-refractivity contribution in [2.75, 3.05) is 19.6 Å². The summed E-state index contributed by atoms with van der Waals surface area (Å²) in [6.07, 6.45) is 9.27. The predicted molar refractivity (Wildman–Crippen MR) is 91.4 cm³/mol. The molecule has 2 N–H and O–H groups in total. The van der Waals surface area contributed by atoms with Gasteiger partial charge in [-0.2, -0.15) is 0 Å². The number of rotatable bonds is 8. The summed E-state index contributed by atoms with van der Waals surface area (Å²) in [7, 11) is 0. The predicted octanol–water partition coefficient (Wildman–Crippen LogP) is 3.85. The normalized spacial score (nSPS) is 22.6. The van der Waals surface area contributed by atoms with Gasteiger partial charge in [-0.1, -0.05) is 50.1 Å². The Balaban J connectivity index is 1.74. The molecule has 0 aliphatic heterocycles. The van der Waals surface area contributed by atoms with Crippen LogP contribution in [0.15, 0.2) is 30.3 Å². The Morgan fingerprint density at radius 2 is 1.86 bits per heavy atom. The van der Waals surface area contributed by atoms with Crippen molar-refractivity contribution in [2.24, 2.45) is 11.7 Å². The molecular weight excluding hydrogens is 256 g/mol. The standard InChI is InChI=1S/C19H32N2/c1-2-21(19-14-7-6-13-18(19)16-20)15-9-8-12-17-10-4-3-5-11-17/h3-5,10-11,18-19H,2,6-9,12-16,20H2,1H3. The van der Waals surface area contributed by atoms with Gasteiger partial charge in [0.2, 0.25) is 0 Å². The van der Waals surface area contributed by atoms with E-state index in [-0.39, 0.29) is 0 Å². The number of nitrogens with two attached hydrogens (primary N) is 1. The van der Waals surface area contributed by atoms with Crippen molar-refractivity contribution in [3.63, 3.8) is 0 Å². The summed E-state index contributed by atoms with van der Waals surface area (Å²) in [4.78, 5) is 2.70. The van der Waals surface area contributed by atoms with Gasteiger partial charge in [0.25, 0.3) is 0 Å². The van der Waals surface area contributed by atoms with E-state index in [0.717, 1.165) is 18.5 Å². The first-order valence-electron chi connectivity index (χ1n) is 8.83. The fraction of sp³-hybridized carbons (Fsp3) is 0.684. The van der Waals surface area contributed by atoms with Crippen LogP contribution in [0, 0.1) is 5.92 Å². The highest BCUT2D eigenvalue weighted by Gasteiger charge is 2.27. The molecular formula is C19H32N2. The fourth-order valence-corrected chi connectivity index (χ4v) is 3.79. The number of aryl methyl sites for hydroxylation is 1. The molecule has 0 amide bonds. The van der Waals surface area contributed by atoms with Crippen molar-refractivity contribution >= 4 is 0 Å². The van der Waals surface area contributed by atoms with E-state index in [1.54, 1.807) is 0 Å². The molecule has 1 saturated carbocycles. The van der Waals surface area contributed by atoms with Gasteiger partial charge < -0.3 is 10.6 Å². The zero-order valence-electron chi connectivity index (χ0n) is 13.6. The van der Waals surface area contributed by atoms with Gasteiger partial charge in [0.1, 0.15) is 0 Å². The highest BCUT2D eigenvalue weighted by Crippen LogP contribution is 2.28. The second-order valence-corrected chi connectivity index (χ2v) is 6.42. The Morgan fingerprint density at radius 3 is 2.57 bits per heavy atom. The van der Waals surface area contributed by atoms with E-state index in [1.165, 1.54) is 63.6 Å². The maximum absolute atomic E-state index is 5.99. The Kier molecular flexibility index (Phi) is 7.25. The minimum atomic E-state index is 0.729. The van der Waals surface area contributed by atoms with Crippen molar-refractivity contribution in [2.45, 2.75) is 57.9 Å². The van der Waals surface area contributed by atoms with Crippen molar-refractivity contribution in [3.05, 3.63) is 35.9 Å². The molecule has 0 aromatic heterocycles. The second-order valence-electron chi connectivity index (χ2n) is 6.42. The van der Waals surface area contributed by atoms with Crippen LogP contribution in [0.3, 0.4) is 0 Å². The molecule has 0 saturated heterocycles. The number of unbranched alkanes of at least 4 members (excludes halogenated alkanes) is 1. The minimum Gasteiger partial charge on any atom is -0.330 e. The third-order valence-corrected chi connectivity index (χ3v) is 5.05. The minimum absolute atomic E-state index is 0.729. The molecule has 21 heavy (non-hydrogen) atoms. The van der Waals surface area contributed by atoms with E-state index >= 15 is 0 Å². The van der Waals surface area contributed by atoms with Gasteiger partial charge >= 0.3 is 0 Å². The third-order valence-electron chi connectivity index (χ3n) is 5.05. The Labute approximate surface area is 130 Å². The summed E-state index contributed by atoms with van der Waals surface area (Å²) in [5.41, 5.74) is 7.46. The molecule has 2 unspecified atom stereocenters. The SMILES string of the molecule is CCN(CCCCc1ccccc1)C1CCCCC1CN. The van der Waals surface area contributed by atoms with Gasteiger partial charge in [-0.25, -0.2) is 0 Å². The maximum Gasteiger partial charge on any atom is 0.0135 e. The van der Waals surface area contributed by atoms with Crippen LogP contribution in [0.4, 0.5) is 0 Å². The number of hydrogen-bond acceptors (Lipinski definition) is 2. The number of nitrogens with zero attached hydrogens (tertiary/aromatic N) is 1. The molecule has 1 fully saturated rings. The lowest BCUT2D eigenvalue weighted by Crippen LogP contribution is -2.45.